The minimum absolute atomic E-state index is 0.121. The van der Waals surface area contributed by atoms with Crippen molar-refractivity contribution in [2.45, 2.75) is 45.3 Å². The van der Waals surface area contributed by atoms with E-state index in [-0.39, 0.29) is 12.5 Å². The number of nitrogens with zero attached hydrogens (tertiary/aromatic N) is 1. The molecule has 0 spiro atoms. The van der Waals surface area contributed by atoms with E-state index in [1.807, 2.05) is 13.8 Å². The number of carbonyl (C=O) groups is 1. The maximum absolute atomic E-state index is 12.8. The Morgan fingerprint density at radius 3 is 2.55 bits per heavy atom. The summed E-state index contributed by atoms with van der Waals surface area (Å²) in [7, 11) is 0. The summed E-state index contributed by atoms with van der Waals surface area (Å²) in [6.07, 6.45) is -2.94. The molecule has 1 unspecified atom stereocenters. The standard InChI is InChI=1S/C16H22F3NO2/c1-3-20(10-5-4-9-15(21)22)12(2)13-7-6-8-14(11-13)16(17,18)19/h6-8,11-12H,3-5,9-10H2,1-2H3,(H,21,22). The zero-order valence-electron chi connectivity index (χ0n) is 12.9. The van der Waals surface area contributed by atoms with Crippen molar-refractivity contribution >= 4 is 5.97 Å². The average Bonchev–Trinajstić information content (AvgIpc) is 2.46. The Bertz CT molecular complexity index is 489. The zero-order chi connectivity index (χ0) is 16.8. The molecule has 0 aromatic heterocycles. The molecule has 0 bridgehead atoms. The predicted octanol–water partition coefficient (Wildman–Crippen LogP) is 4.34. The molecule has 22 heavy (non-hydrogen) atoms. The van der Waals surface area contributed by atoms with Crippen molar-refractivity contribution < 1.29 is 23.1 Å². The first-order valence-corrected chi connectivity index (χ1v) is 7.38. The Morgan fingerprint density at radius 2 is 2.00 bits per heavy atom. The predicted molar refractivity (Wildman–Crippen MR) is 78.6 cm³/mol. The molecular formula is C16H22F3NO2. The lowest BCUT2D eigenvalue weighted by atomic mass is 10.0. The Labute approximate surface area is 128 Å². The molecule has 0 fully saturated rings. The van der Waals surface area contributed by atoms with Crippen molar-refractivity contribution in [2.24, 2.45) is 0 Å². The lowest BCUT2D eigenvalue weighted by Gasteiger charge is -2.28. The number of benzene rings is 1. The highest BCUT2D eigenvalue weighted by Gasteiger charge is 2.31. The van der Waals surface area contributed by atoms with E-state index >= 15 is 0 Å². The number of rotatable bonds is 8. The summed E-state index contributed by atoms with van der Waals surface area (Å²) >= 11 is 0. The summed E-state index contributed by atoms with van der Waals surface area (Å²) in [5, 5.41) is 8.61. The maximum Gasteiger partial charge on any atom is 0.416 e. The Morgan fingerprint density at radius 1 is 1.32 bits per heavy atom. The van der Waals surface area contributed by atoms with Gasteiger partial charge in [-0.25, -0.2) is 0 Å². The highest BCUT2D eigenvalue weighted by molar-refractivity contribution is 5.66. The van der Waals surface area contributed by atoms with Crippen molar-refractivity contribution in [1.29, 1.82) is 0 Å². The van der Waals surface area contributed by atoms with Gasteiger partial charge in [-0.1, -0.05) is 19.1 Å². The lowest BCUT2D eigenvalue weighted by Crippen LogP contribution is -2.28. The number of unbranched alkanes of at least 4 members (excludes halogenated alkanes) is 1. The fourth-order valence-electron chi connectivity index (χ4n) is 2.40. The van der Waals surface area contributed by atoms with E-state index < -0.39 is 17.7 Å². The van der Waals surface area contributed by atoms with Gasteiger partial charge in [0.05, 0.1) is 5.56 Å². The van der Waals surface area contributed by atoms with E-state index in [1.54, 1.807) is 6.07 Å². The third-order valence-corrected chi connectivity index (χ3v) is 3.74. The second kappa shape index (κ2) is 8.17. The van der Waals surface area contributed by atoms with Crippen LogP contribution in [0.1, 0.15) is 50.3 Å². The number of hydrogen-bond acceptors (Lipinski definition) is 2. The lowest BCUT2D eigenvalue weighted by molar-refractivity contribution is -0.138. The van der Waals surface area contributed by atoms with Crippen LogP contribution in [-0.2, 0) is 11.0 Å². The zero-order valence-corrected chi connectivity index (χ0v) is 12.9. The number of carboxylic acids is 1. The summed E-state index contributed by atoms with van der Waals surface area (Å²) in [5.74, 6) is -0.825. The fourth-order valence-corrected chi connectivity index (χ4v) is 2.40. The number of halogens is 3. The number of hydrogen-bond donors (Lipinski definition) is 1. The Balaban J connectivity index is 2.71. The molecule has 6 heteroatoms. The van der Waals surface area contributed by atoms with E-state index in [0.717, 1.165) is 6.07 Å². The van der Waals surface area contributed by atoms with Crippen LogP contribution in [0.4, 0.5) is 13.2 Å². The van der Waals surface area contributed by atoms with Gasteiger partial charge in [-0.3, -0.25) is 9.69 Å². The van der Waals surface area contributed by atoms with Gasteiger partial charge < -0.3 is 5.11 Å². The molecule has 124 valence electrons. The van der Waals surface area contributed by atoms with Gasteiger partial charge in [0.25, 0.3) is 0 Å². The molecule has 0 amide bonds. The van der Waals surface area contributed by atoms with E-state index in [1.165, 1.54) is 12.1 Å². The van der Waals surface area contributed by atoms with Crippen LogP contribution in [-0.4, -0.2) is 29.1 Å². The maximum atomic E-state index is 12.8. The van der Waals surface area contributed by atoms with Gasteiger partial charge in [0, 0.05) is 12.5 Å². The molecule has 0 heterocycles. The molecule has 0 aliphatic rings. The van der Waals surface area contributed by atoms with Crippen molar-refractivity contribution in [2.75, 3.05) is 13.1 Å². The van der Waals surface area contributed by atoms with Gasteiger partial charge in [0.1, 0.15) is 0 Å². The van der Waals surface area contributed by atoms with Gasteiger partial charge >= 0.3 is 12.1 Å². The van der Waals surface area contributed by atoms with Crippen molar-refractivity contribution in [3.63, 3.8) is 0 Å². The first-order valence-electron chi connectivity index (χ1n) is 7.38. The number of aliphatic carboxylic acids is 1. The van der Waals surface area contributed by atoms with Gasteiger partial charge in [0.15, 0.2) is 0 Å². The molecule has 0 aliphatic carbocycles. The third kappa shape index (κ3) is 5.67. The summed E-state index contributed by atoms with van der Waals surface area (Å²) in [4.78, 5) is 12.5. The smallest absolute Gasteiger partial charge is 0.416 e. The first kappa shape index (κ1) is 18.5. The topological polar surface area (TPSA) is 40.5 Å². The van der Waals surface area contributed by atoms with E-state index in [4.69, 9.17) is 5.11 Å². The molecule has 1 N–H and O–H groups in total. The molecule has 0 saturated heterocycles. The van der Waals surface area contributed by atoms with Crippen LogP contribution in [0.2, 0.25) is 0 Å². The highest BCUT2D eigenvalue weighted by Crippen LogP contribution is 2.31. The fraction of sp³-hybridized carbons (Fsp3) is 0.562. The summed E-state index contributed by atoms with van der Waals surface area (Å²) in [5.41, 5.74) is -0.0197. The molecular weight excluding hydrogens is 295 g/mol. The molecule has 1 rings (SSSR count). The first-order chi connectivity index (χ1) is 10.3. The monoisotopic (exact) mass is 317 g/mol. The molecule has 3 nitrogen and oxygen atoms in total. The quantitative estimate of drug-likeness (QED) is 0.725. The molecule has 0 aliphatic heterocycles. The van der Waals surface area contributed by atoms with Gasteiger partial charge in [-0.2, -0.15) is 13.2 Å². The summed E-state index contributed by atoms with van der Waals surface area (Å²) in [6.45, 7) is 5.18. The Hall–Kier alpha value is -1.56. The third-order valence-electron chi connectivity index (χ3n) is 3.74. The van der Waals surface area contributed by atoms with E-state index in [0.29, 0.717) is 31.5 Å². The minimum Gasteiger partial charge on any atom is -0.481 e. The van der Waals surface area contributed by atoms with Crippen LogP contribution in [0.3, 0.4) is 0 Å². The Kier molecular flexibility index (Phi) is 6.87. The normalized spacial score (nSPS) is 13.4. The number of carboxylic acid groups (broad SMARTS) is 1. The molecule has 1 aromatic rings. The van der Waals surface area contributed by atoms with E-state index in [9.17, 15) is 18.0 Å². The SMILES string of the molecule is CCN(CCCCC(=O)O)C(C)c1cccc(C(F)(F)F)c1. The van der Waals surface area contributed by atoms with Crippen molar-refractivity contribution in [1.82, 2.24) is 4.90 Å². The van der Waals surface area contributed by atoms with Crippen LogP contribution in [0.25, 0.3) is 0 Å². The second-order valence-corrected chi connectivity index (χ2v) is 5.28. The van der Waals surface area contributed by atoms with Crippen LogP contribution in [0.5, 0.6) is 0 Å². The summed E-state index contributed by atoms with van der Waals surface area (Å²) < 4.78 is 38.3. The average molecular weight is 317 g/mol. The highest BCUT2D eigenvalue weighted by atomic mass is 19.4. The van der Waals surface area contributed by atoms with Gasteiger partial charge in [-0.15, -0.1) is 0 Å². The van der Waals surface area contributed by atoms with Crippen LogP contribution in [0.15, 0.2) is 24.3 Å². The second-order valence-electron chi connectivity index (χ2n) is 5.28. The largest absolute Gasteiger partial charge is 0.481 e. The van der Waals surface area contributed by atoms with Crippen molar-refractivity contribution in [3.8, 4) is 0 Å². The van der Waals surface area contributed by atoms with E-state index in [2.05, 4.69) is 4.90 Å². The van der Waals surface area contributed by atoms with Gasteiger partial charge in [-0.05, 0) is 50.6 Å². The number of alkyl halides is 3. The minimum atomic E-state index is -4.34. The molecule has 1 atom stereocenters. The molecule has 1 aromatic carbocycles. The molecule has 0 radical (unpaired) electrons. The van der Waals surface area contributed by atoms with Crippen LogP contribution < -0.4 is 0 Å². The van der Waals surface area contributed by atoms with Crippen LogP contribution >= 0.6 is 0 Å². The van der Waals surface area contributed by atoms with Gasteiger partial charge in [0.2, 0.25) is 0 Å². The summed E-state index contributed by atoms with van der Waals surface area (Å²) in [6, 6.07) is 5.23. The molecule has 0 saturated carbocycles. The van der Waals surface area contributed by atoms with Crippen LogP contribution in [0, 0.1) is 0 Å². The van der Waals surface area contributed by atoms with Crippen molar-refractivity contribution in [3.05, 3.63) is 35.4 Å².